The molecule has 3 aromatic rings. The van der Waals surface area contributed by atoms with Crippen LogP contribution in [-0.4, -0.2) is 17.8 Å². The number of ether oxygens (including phenoxy) is 2. The molecule has 0 saturated heterocycles. The first-order valence-corrected chi connectivity index (χ1v) is 9.87. The van der Waals surface area contributed by atoms with Crippen molar-refractivity contribution in [3.63, 3.8) is 0 Å². The molecule has 2 aliphatic rings. The van der Waals surface area contributed by atoms with Crippen LogP contribution in [0.2, 0.25) is 0 Å². The third-order valence-corrected chi connectivity index (χ3v) is 5.63. The zero-order chi connectivity index (χ0) is 21.6. The minimum absolute atomic E-state index is 0.110. The van der Waals surface area contributed by atoms with Gasteiger partial charge in [-0.05, 0) is 23.8 Å². The molecule has 31 heavy (non-hydrogen) atoms. The van der Waals surface area contributed by atoms with E-state index in [1.54, 1.807) is 7.11 Å². The van der Waals surface area contributed by atoms with Crippen LogP contribution in [0.4, 0.5) is 13.2 Å². The van der Waals surface area contributed by atoms with Gasteiger partial charge >= 0.3 is 6.18 Å². The molecule has 2 aliphatic heterocycles. The van der Waals surface area contributed by atoms with Gasteiger partial charge in [-0.25, -0.2) is 5.01 Å². The van der Waals surface area contributed by atoms with Gasteiger partial charge in [-0.3, -0.25) is 0 Å². The lowest BCUT2D eigenvalue weighted by Crippen LogP contribution is -2.34. The maximum absolute atomic E-state index is 13.0. The molecule has 0 unspecified atom stereocenters. The van der Waals surface area contributed by atoms with E-state index in [-0.39, 0.29) is 6.04 Å². The number of hydrogen-bond acceptors (Lipinski definition) is 4. The molecule has 0 amide bonds. The van der Waals surface area contributed by atoms with Crippen molar-refractivity contribution < 1.29 is 22.6 Å². The lowest BCUT2D eigenvalue weighted by Gasteiger charge is -2.38. The van der Waals surface area contributed by atoms with Crippen molar-refractivity contribution in [3.8, 4) is 11.5 Å². The second-order valence-electron chi connectivity index (χ2n) is 7.48. The average Bonchev–Trinajstić information content (AvgIpc) is 3.24. The normalized spacial score (nSPS) is 19.9. The van der Waals surface area contributed by atoms with Crippen LogP contribution in [0.15, 0.2) is 77.9 Å². The van der Waals surface area contributed by atoms with E-state index in [9.17, 15) is 13.2 Å². The second-order valence-corrected chi connectivity index (χ2v) is 7.48. The second kappa shape index (κ2) is 7.34. The summed E-state index contributed by atoms with van der Waals surface area (Å²) >= 11 is 0. The number of para-hydroxylation sites is 1. The number of benzene rings is 3. The van der Waals surface area contributed by atoms with E-state index in [4.69, 9.17) is 14.6 Å². The van der Waals surface area contributed by atoms with Crippen LogP contribution in [0.5, 0.6) is 11.5 Å². The highest BCUT2D eigenvalue weighted by molar-refractivity contribution is 6.01. The van der Waals surface area contributed by atoms with Gasteiger partial charge in [0.1, 0.15) is 0 Å². The Kier molecular flexibility index (Phi) is 4.61. The number of hydrazone groups is 1. The van der Waals surface area contributed by atoms with Crippen LogP contribution in [0.25, 0.3) is 0 Å². The van der Waals surface area contributed by atoms with Gasteiger partial charge in [0, 0.05) is 17.5 Å². The Labute approximate surface area is 177 Å². The molecule has 7 heteroatoms. The molecular weight excluding hydrogens is 405 g/mol. The van der Waals surface area contributed by atoms with Gasteiger partial charge in [0.2, 0.25) is 6.23 Å². The number of halogens is 3. The zero-order valence-electron chi connectivity index (χ0n) is 16.6. The summed E-state index contributed by atoms with van der Waals surface area (Å²) in [6, 6.07) is 20.5. The molecule has 0 spiro atoms. The predicted octanol–water partition coefficient (Wildman–Crippen LogP) is 5.96. The van der Waals surface area contributed by atoms with E-state index >= 15 is 0 Å². The number of rotatable bonds is 3. The summed E-state index contributed by atoms with van der Waals surface area (Å²) in [5.41, 5.74) is 2.75. The minimum atomic E-state index is -4.39. The van der Waals surface area contributed by atoms with Crippen molar-refractivity contribution in [3.05, 3.63) is 95.1 Å². The molecule has 4 nitrogen and oxygen atoms in total. The van der Waals surface area contributed by atoms with Crippen molar-refractivity contribution in [2.75, 3.05) is 7.11 Å². The fraction of sp³-hybridized carbons (Fsp3) is 0.208. The van der Waals surface area contributed by atoms with E-state index in [2.05, 4.69) is 0 Å². The molecule has 158 valence electrons. The Hall–Kier alpha value is -3.48. The molecule has 0 bridgehead atoms. The Bertz CT molecular complexity index is 1130. The molecule has 0 radical (unpaired) electrons. The fourth-order valence-corrected chi connectivity index (χ4v) is 4.11. The molecule has 2 atom stereocenters. The van der Waals surface area contributed by atoms with Crippen LogP contribution >= 0.6 is 0 Å². The van der Waals surface area contributed by atoms with E-state index in [1.165, 1.54) is 12.1 Å². The highest BCUT2D eigenvalue weighted by Crippen LogP contribution is 2.50. The maximum atomic E-state index is 13.0. The third kappa shape index (κ3) is 3.40. The number of hydrogen-bond donors (Lipinski definition) is 0. The summed E-state index contributed by atoms with van der Waals surface area (Å²) < 4.78 is 50.9. The Morgan fingerprint density at radius 3 is 2.39 bits per heavy atom. The monoisotopic (exact) mass is 424 g/mol. The summed E-state index contributed by atoms with van der Waals surface area (Å²) in [5, 5.41) is 6.67. The van der Waals surface area contributed by atoms with Gasteiger partial charge in [-0.1, -0.05) is 54.6 Å². The summed E-state index contributed by atoms with van der Waals surface area (Å²) in [4.78, 5) is 0. The number of fused-ring (bicyclic) bond motifs is 3. The third-order valence-electron chi connectivity index (χ3n) is 5.63. The van der Waals surface area contributed by atoms with Crippen molar-refractivity contribution in [1.29, 1.82) is 0 Å². The van der Waals surface area contributed by atoms with Crippen LogP contribution < -0.4 is 9.47 Å². The SMILES string of the molecule is COc1cccc2c1O[C@@H](c1ccc(C(F)(F)F)cc1)N1N=C(c3ccccc3)C[C@H]21. The molecule has 0 aromatic heterocycles. The van der Waals surface area contributed by atoms with Crippen LogP contribution in [-0.2, 0) is 6.18 Å². The summed E-state index contributed by atoms with van der Waals surface area (Å²) in [5.74, 6) is 1.18. The lowest BCUT2D eigenvalue weighted by atomic mass is 9.95. The summed E-state index contributed by atoms with van der Waals surface area (Å²) in [6.45, 7) is 0. The van der Waals surface area contributed by atoms with Crippen molar-refractivity contribution >= 4 is 5.71 Å². The molecule has 0 aliphatic carbocycles. The first-order valence-electron chi connectivity index (χ1n) is 9.87. The van der Waals surface area contributed by atoms with E-state index in [1.807, 2.05) is 53.5 Å². The fourth-order valence-electron chi connectivity index (χ4n) is 4.11. The van der Waals surface area contributed by atoms with Gasteiger partial charge in [0.15, 0.2) is 11.5 Å². The smallest absolute Gasteiger partial charge is 0.416 e. The summed E-state index contributed by atoms with van der Waals surface area (Å²) in [6.07, 6.45) is -4.40. The molecule has 0 N–H and O–H groups in total. The standard InChI is InChI=1S/C24H19F3N2O2/c1-30-21-9-5-8-18-20-14-19(15-6-3-2-4-7-15)28-29(20)23(31-22(18)21)16-10-12-17(13-11-16)24(25,26)27/h2-13,20,23H,14H2,1H3/t20-,23+/m1/s1. The highest BCUT2D eigenvalue weighted by atomic mass is 19.4. The Balaban J connectivity index is 1.59. The Morgan fingerprint density at radius 1 is 0.968 bits per heavy atom. The summed E-state index contributed by atoms with van der Waals surface area (Å²) in [7, 11) is 1.57. The van der Waals surface area contributed by atoms with Crippen molar-refractivity contribution in [1.82, 2.24) is 5.01 Å². The van der Waals surface area contributed by atoms with Crippen molar-refractivity contribution in [2.45, 2.75) is 24.9 Å². The predicted molar refractivity (Wildman–Crippen MR) is 110 cm³/mol. The highest BCUT2D eigenvalue weighted by Gasteiger charge is 2.42. The van der Waals surface area contributed by atoms with Crippen LogP contribution in [0.1, 0.15) is 40.9 Å². The van der Waals surface area contributed by atoms with Crippen LogP contribution in [0.3, 0.4) is 0 Å². The molecule has 0 fully saturated rings. The van der Waals surface area contributed by atoms with E-state index in [0.717, 1.165) is 29.0 Å². The minimum Gasteiger partial charge on any atom is -0.493 e. The molecule has 5 rings (SSSR count). The number of alkyl halides is 3. The number of methoxy groups -OCH3 is 1. The first kappa shape index (κ1) is 19.5. The molecular formula is C24H19F3N2O2. The lowest BCUT2D eigenvalue weighted by molar-refractivity contribution is -0.137. The molecule has 2 heterocycles. The number of nitrogens with zero attached hydrogens (tertiary/aromatic N) is 2. The first-order chi connectivity index (χ1) is 15.0. The molecule has 0 saturated carbocycles. The van der Waals surface area contributed by atoms with Gasteiger partial charge in [-0.15, -0.1) is 0 Å². The van der Waals surface area contributed by atoms with E-state index < -0.39 is 18.0 Å². The topological polar surface area (TPSA) is 34.1 Å². The van der Waals surface area contributed by atoms with E-state index in [0.29, 0.717) is 23.5 Å². The molecule has 3 aromatic carbocycles. The van der Waals surface area contributed by atoms with Crippen molar-refractivity contribution in [2.24, 2.45) is 5.10 Å². The quantitative estimate of drug-likeness (QED) is 0.521. The average molecular weight is 424 g/mol. The zero-order valence-corrected chi connectivity index (χ0v) is 16.6. The van der Waals surface area contributed by atoms with Gasteiger partial charge < -0.3 is 9.47 Å². The largest absolute Gasteiger partial charge is 0.493 e. The van der Waals surface area contributed by atoms with Gasteiger partial charge in [0.25, 0.3) is 0 Å². The Morgan fingerprint density at radius 2 is 1.71 bits per heavy atom. The van der Waals surface area contributed by atoms with Gasteiger partial charge in [0.05, 0.1) is 24.4 Å². The van der Waals surface area contributed by atoms with Crippen LogP contribution in [0, 0.1) is 0 Å². The maximum Gasteiger partial charge on any atom is 0.416 e. The van der Waals surface area contributed by atoms with Gasteiger partial charge in [-0.2, -0.15) is 18.3 Å².